The molecule has 0 bridgehead atoms. The van der Waals surface area contributed by atoms with E-state index >= 15 is 0 Å². The van der Waals surface area contributed by atoms with Crippen LogP contribution in [0.4, 0.5) is 0 Å². The molecule has 0 heterocycles. The van der Waals surface area contributed by atoms with Gasteiger partial charge in [0, 0.05) is 12.0 Å². The molecule has 3 heteroatoms. The van der Waals surface area contributed by atoms with Crippen molar-refractivity contribution in [1.29, 1.82) is 0 Å². The van der Waals surface area contributed by atoms with Gasteiger partial charge in [-0.1, -0.05) is 76.5 Å². The highest BCUT2D eigenvalue weighted by molar-refractivity contribution is 6.06. The summed E-state index contributed by atoms with van der Waals surface area (Å²) < 4.78 is 5.03. The number of rotatable bonds is 13. The molecule has 24 heavy (non-hydrogen) atoms. The first kappa shape index (κ1) is 20.4. The van der Waals surface area contributed by atoms with Crippen molar-refractivity contribution in [2.24, 2.45) is 0 Å². The van der Waals surface area contributed by atoms with E-state index in [-0.39, 0.29) is 5.78 Å². The van der Waals surface area contributed by atoms with Crippen LogP contribution in [0.15, 0.2) is 24.3 Å². The van der Waals surface area contributed by atoms with Crippen molar-refractivity contribution >= 4 is 11.8 Å². The van der Waals surface area contributed by atoms with E-state index in [1.807, 2.05) is 0 Å². The summed E-state index contributed by atoms with van der Waals surface area (Å²) in [6.45, 7) is 4.32. The lowest BCUT2D eigenvalue weighted by atomic mass is 9.99. The van der Waals surface area contributed by atoms with Crippen LogP contribution in [0.2, 0.25) is 0 Å². The van der Waals surface area contributed by atoms with Crippen molar-refractivity contribution in [2.75, 3.05) is 6.61 Å². The number of carbonyl (C=O) groups is 2. The van der Waals surface area contributed by atoms with Crippen molar-refractivity contribution < 1.29 is 14.3 Å². The molecule has 0 fully saturated rings. The first-order valence-electron chi connectivity index (χ1n) is 9.50. The van der Waals surface area contributed by atoms with Crippen molar-refractivity contribution in [3.63, 3.8) is 0 Å². The molecule has 0 radical (unpaired) electrons. The Hall–Kier alpha value is -1.64. The van der Waals surface area contributed by atoms with Gasteiger partial charge in [-0.3, -0.25) is 4.79 Å². The van der Waals surface area contributed by atoms with E-state index in [0.29, 0.717) is 24.2 Å². The second-order valence-electron chi connectivity index (χ2n) is 6.27. The van der Waals surface area contributed by atoms with Gasteiger partial charge in [-0.15, -0.1) is 0 Å². The second-order valence-corrected chi connectivity index (χ2v) is 6.27. The third kappa shape index (κ3) is 7.76. The highest BCUT2D eigenvalue weighted by Crippen LogP contribution is 2.16. The minimum absolute atomic E-state index is 0.0431. The summed E-state index contributed by atoms with van der Waals surface area (Å²) in [4.78, 5) is 24.3. The molecule has 0 atom stereocenters. The van der Waals surface area contributed by atoms with Gasteiger partial charge in [-0.25, -0.2) is 4.79 Å². The Morgan fingerprint density at radius 1 is 0.792 bits per heavy atom. The molecule has 1 rings (SSSR count). The van der Waals surface area contributed by atoms with Crippen molar-refractivity contribution in [2.45, 2.75) is 78.1 Å². The number of Topliss-reactive ketones (excluding diaryl/α,β-unsaturated/α-hetero) is 1. The zero-order valence-corrected chi connectivity index (χ0v) is 15.3. The van der Waals surface area contributed by atoms with Crippen LogP contribution in [0.25, 0.3) is 0 Å². The van der Waals surface area contributed by atoms with Crippen LogP contribution in [0.3, 0.4) is 0 Å². The third-order valence-corrected chi connectivity index (χ3v) is 4.23. The molecule has 0 spiro atoms. The van der Waals surface area contributed by atoms with Crippen LogP contribution >= 0.6 is 0 Å². The molecule has 0 aliphatic heterocycles. The lowest BCUT2D eigenvalue weighted by Gasteiger charge is -2.08. The summed E-state index contributed by atoms with van der Waals surface area (Å²) in [5.41, 5.74) is 0.885. The van der Waals surface area contributed by atoms with Gasteiger partial charge in [0.15, 0.2) is 5.78 Å². The normalized spacial score (nSPS) is 10.6. The molecule has 0 aliphatic carbocycles. The van der Waals surface area contributed by atoms with E-state index in [1.165, 1.54) is 44.9 Å². The quantitative estimate of drug-likeness (QED) is 0.254. The molecule has 0 saturated carbocycles. The van der Waals surface area contributed by atoms with Gasteiger partial charge < -0.3 is 4.74 Å². The standard InChI is InChI=1S/C21H32O3/c1-3-5-6-7-8-9-10-11-12-17-20(22)18-15-13-14-16-19(18)21(23)24-4-2/h13-16H,3-12,17H2,1-2H3. The second kappa shape index (κ2) is 12.7. The SMILES string of the molecule is CCCCCCCCCCCC(=O)c1ccccc1C(=O)OCC. The summed E-state index contributed by atoms with van der Waals surface area (Å²) in [6.07, 6.45) is 11.6. The van der Waals surface area contributed by atoms with E-state index < -0.39 is 5.97 Å². The molecule has 1 aromatic rings. The molecule has 0 unspecified atom stereocenters. The lowest BCUT2D eigenvalue weighted by molar-refractivity contribution is 0.0523. The summed E-state index contributed by atoms with van der Waals surface area (Å²) in [5, 5.41) is 0. The molecule has 0 aliphatic rings. The average Bonchev–Trinajstić information content (AvgIpc) is 2.60. The average molecular weight is 332 g/mol. The molecule has 0 saturated heterocycles. The summed E-state index contributed by atoms with van der Waals surface area (Å²) in [5.74, 6) is -0.366. The monoisotopic (exact) mass is 332 g/mol. The number of hydrogen-bond acceptors (Lipinski definition) is 3. The molecule has 0 N–H and O–H groups in total. The van der Waals surface area contributed by atoms with E-state index in [9.17, 15) is 9.59 Å². The van der Waals surface area contributed by atoms with E-state index in [4.69, 9.17) is 4.74 Å². The maximum Gasteiger partial charge on any atom is 0.338 e. The fourth-order valence-corrected chi connectivity index (χ4v) is 2.84. The number of carbonyl (C=O) groups excluding carboxylic acids is 2. The van der Waals surface area contributed by atoms with Crippen molar-refractivity contribution in [3.8, 4) is 0 Å². The topological polar surface area (TPSA) is 43.4 Å². The number of ketones is 1. The molecule has 1 aromatic carbocycles. The van der Waals surface area contributed by atoms with Gasteiger partial charge in [0.05, 0.1) is 12.2 Å². The van der Waals surface area contributed by atoms with Gasteiger partial charge in [0.2, 0.25) is 0 Å². The molecule has 0 aromatic heterocycles. The Morgan fingerprint density at radius 3 is 1.92 bits per heavy atom. The number of benzene rings is 1. The molecular weight excluding hydrogens is 300 g/mol. The Balaban J connectivity index is 2.30. The predicted octanol–water partition coefficient (Wildman–Crippen LogP) is 5.97. The summed E-state index contributed by atoms with van der Waals surface area (Å²) in [7, 11) is 0. The number of esters is 1. The zero-order chi connectivity index (χ0) is 17.6. The molecule has 134 valence electrons. The van der Waals surface area contributed by atoms with Crippen molar-refractivity contribution in [3.05, 3.63) is 35.4 Å². The van der Waals surface area contributed by atoms with E-state index in [2.05, 4.69) is 6.92 Å². The van der Waals surface area contributed by atoms with Crippen LogP contribution in [0, 0.1) is 0 Å². The van der Waals surface area contributed by atoms with Gasteiger partial charge in [0.25, 0.3) is 0 Å². The maximum atomic E-state index is 12.4. The maximum absolute atomic E-state index is 12.4. The largest absolute Gasteiger partial charge is 0.462 e. The first-order chi connectivity index (χ1) is 11.7. The highest BCUT2D eigenvalue weighted by atomic mass is 16.5. The van der Waals surface area contributed by atoms with Crippen LogP contribution in [0.5, 0.6) is 0 Å². The summed E-state index contributed by atoms with van der Waals surface area (Å²) >= 11 is 0. The van der Waals surface area contributed by atoms with Crippen LogP contribution in [0.1, 0.15) is 98.8 Å². The number of ether oxygens (including phenoxy) is 1. The number of hydrogen-bond donors (Lipinski definition) is 0. The van der Waals surface area contributed by atoms with Crippen molar-refractivity contribution in [1.82, 2.24) is 0 Å². The minimum atomic E-state index is -0.409. The Kier molecular flexibility index (Phi) is 10.8. The predicted molar refractivity (Wildman–Crippen MR) is 98.6 cm³/mol. The fourth-order valence-electron chi connectivity index (χ4n) is 2.84. The molecular formula is C21H32O3. The fraction of sp³-hybridized carbons (Fsp3) is 0.619. The third-order valence-electron chi connectivity index (χ3n) is 4.23. The summed E-state index contributed by atoms with van der Waals surface area (Å²) in [6, 6.07) is 6.96. The van der Waals surface area contributed by atoms with E-state index in [0.717, 1.165) is 12.8 Å². The first-order valence-corrected chi connectivity index (χ1v) is 9.50. The van der Waals surface area contributed by atoms with Crippen LogP contribution in [-0.4, -0.2) is 18.4 Å². The van der Waals surface area contributed by atoms with E-state index in [1.54, 1.807) is 31.2 Å². The number of unbranched alkanes of at least 4 members (excludes halogenated alkanes) is 8. The molecule has 3 nitrogen and oxygen atoms in total. The lowest BCUT2D eigenvalue weighted by Crippen LogP contribution is -2.11. The van der Waals surface area contributed by atoms with Gasteiger partial charge in [0.1, 0.15) is 0 Å². The zero-order valence-electron chi connectivity index (χ0n) is 15.3. The van der Waals surface area contributed by atoms with Crippen LogP contribution in [-0.2, 0) is 4.74 Å². The molecule has 0 amide bonds. The van der Waals surface area contributed by atoms with Crippen LogP contribution < -0.4 is 0 Å². The van der Waals surface area contributed by atoms with Gasteiger partial charge in [-0.05, 0) is 19.4 Å². The van der Waals surface area contributed by atoms with Gasteiger partial charge >= 0.3 is 5.97 Å². The highest BCUT2D eigenvalue weighted by Gasteiger charge is 2.16. The Morgan fingerprint density at radius 2 is 1.33 bits per heavy atom. The van der Waals surface area contributed by atoms with Gasteiger partial charge in [-0.2, -0.15) is 0 Å². The Labute approximate surface area is 146 Å². The Bertz CT molecular complexity index is 494. The minimum Gasteiger partial charge on any atom is -0.462 e. The smallest absolute Gasteiger partial charge is 0.338 e.